The van der Waals surface area contributed by atoms with Gasteiger partial charge in [-0.3, -0.25) is 4.79 Å². The highest BCUT2D eigenvalue weighted by Gasteiger charge is 2.23. The van der Waals surface area contributed by atoms with E-state index in [0.717, 1.165) is 6.07 Å². The minimum Gasteiger partial charge on any atom is -0.506 e. The maximum Gasteiger partial charge on any atom is 0.335 e. The number of phenolic OH excluding ortho intramolecular Hbond substituents is 1. The summed E-state index contributed by atoms with van der Waals surface area (Å²) in [4.78, 5) is 23.6. The maximum absolute atomic E-state index is 11.5. The van der Waals surface area contributed by atoms with Crippen molar-refractivity contribution in [2.75, 3.05) is 24.7 Å². The van der Waals surface area contributed by atoms with E-state index in [1.54, 1.807) is 0 Å². The van der Waals surface area contributed by atoms with E-state index in [1.807, 2.05) is 0 Å². The lowest BCUT2D eigenvalue weighted by molar-refractivity contribution is -0.125. The molecule has 0 unspecified atom stereocenters. The molecule has 2 rings (SSSR count). The van der Waals surface area contributed by atoms with Crippen LogP contribution in [0.2, 0.25) is 0 Å². The molecule has 1 aliphatic rings. The number of carbonyl (C=O) groups excluding carboxylic acids is 1. The van der Waals surface area contributed by atoms with Gasteiger partial charge >= 0.3 is 5.97 Å². The van der Waals surface area contributed by atoms with Gasteiger partial charge in [0.25, 0.3) is 5.91 Å². The molecule has 1 aliphatic heterocycles. The van der Waals surface area contributed by atoms with Crippen LogP contribution in [0.3, 0.4) is 0 Å². The highest BCUT2D eigenvalue weighted by molar-refractivity contribution is 5.97. The molecule has 17 heavy (non-hydrogen) atoms. The summed E-state index contributed by atoms with van der Waals surface area (Å²) in [5.41, 5.74) is 0.287. The van der Waals surface area contributed by atoms with Crippen LogP contribution in [0.25, 0.3) is 0 Å². The molecule has 1 fully saturated rings. The number of aromatic carboxylic acids is 1. The van der Waals surface area contributed by atoms with Gasteiger partial charge in [0.15, 0.2) is 0 Å². The molecule has 0 radical (unpaired) electrons. The average molecular weight is 237 g/mol. The summed E-state index contributed by atoms with van der Waals surface area (Å²) in [5.74, 6) is -1.60. The van der Waals surface area contributed by atoms with E-state index in [9.17, 15) is 14.7 Å². The van der Waals surface area contributed by atoms with E-state index in [-0.39, 0.29) is 23.8 Å². The summed E-state index contributed by atoms with van der Waals surface area (Å²) in [6.07, 6.45) is 0. The number of ether oxygens (including phenoxy) is 1. The van der Waals surface area contributed by atoms with E-state index in [1.165, 1.54) is 17.0 Å². The first-order chi connectivity index (χ1) is 8.09. The summed E-state index contributed by atoms with van der Waals surface area (Å²) in [6, 6.07) is 3.89. The molecule has 1 amide bonds. The topological polar surface area (TPSA) is 87.1 Å². The Morgan fingerprint density at radius 3 is 2.76 bits per heavy atom. The van der Waals surface area contributed by atoms with Crippen molar-refractivity contribution >= 4 is 17.6 Å². The van der Waals surface area contributed by atoms with Gasteiger partial charge in [0, 0.05) is 6.54 Å². The van der Waals surface area contributed by atoms with Crippen LogP contribution < -0.4 is 4.90 Å². The van der Waals surface area contributed by atoms with E-state index in [0.29, 0.717) is 18.8 Å². The van der Waals surface area contributed by atoms with Crippen molar-refractivity contribution in [2.45, 2.75) is 0 Å². The number of rotatable bonds is 2. The lowest BCUT2D eigenvalue weighted by Crippen LogP contribution is -2.41. The molecule has 1 aromatic carbocycles. The van der Waals surface area contributed by atoms with Crippen LogP contribution in [0.15, 0.2) is 18.2 Å². The molecular formula is C11H11NO5. The van der Waals surface area contributed by atoms with Gasteiger partial charge in [-0.25, -0.2) is 4.79 Å². The van der Waals surface area contributed by atoms with E-state index < -0.39 is 5.97 Å². The Morgan fingerprint density at radius 1 is 1.41 bits per heavy atom. The first-order valence-electron chi connectivity index (χ1n) is 5.04. The van der Waals surface area contributed by atoms with Crippen LogP contribution in [-0.2, 0) is 9.53 Å². The van der Waals surface area contributed by atoms with Crippen molar-refractivity contribution in [3.63, 3.8) is 0 Å². The number of carboxylic acids is 1. The highest BCUT2D eigenvalue weighted by Crippen LogP contribution is 2.29. The third-order valence-corrected chi connectivity index (χ3v) is 2.50. The van der Waals surface area contributed by atoms with E-state index >= 15 is 0 Å². The largest absolute Gasteiger partial charge is 0.506 e. The molecule has 0 bridgehead atoms. The van der Waals surface area contributed by atoms with Crippen LogP contribution in [0.1, 0.15) is 10.4 Å². The second-order valence-corrected chi connectivity index (χ2v) is 3.61. The minimum atomic E-state index is -1.12. The SMILES string of the molecule is O=C(O)c1ccc(N2CCOCC2=O)c(O)c1. The number of carboxylic acid groups (broad SMARTS) is 1. The summed E-state index contributed by atoms with van der Waals surface area (Å²) >= 11 is 0. The van der Waals surface area contributed by atoms with Crippen molar-refractivity contribution in [3.8, 4) is 5.75 Å². The van der Waals surface area contributed by atoms with Gasteiger partial charge in [0.05, 0.1) is 17.9 Å². The quantitative estimate of drug-likeness (QED) is 0.780. The zero-order valence-corrected chi connectivity index (χ0v) is 8.92. The molecule has 6 nitrogen and oxygen atoms in total. The number of phenols is 1. The van der Waals surface area contributed by atoms with Gasteiger partial charge in [-0.05, 0) is 18.2 Å². The molecule has 1 saturated heterocycles. The predicted molar refractivity (Wildman–Crippen MR) is 58.2 cm³/mol. The lowest BCUT2D eigenvalue weighted by atomic mass is 10.1. The highest BCUT2D eigenvalue weighted by atomic mass is 16.5. The van der Waals surface area contributed by atoms with Gasteiger partial charge < -0.3 is 19.8 Å². The van der Waals surface area contributed by atoms with Crippen LogP contribution in [0.4, 0.5) is 5.69 Å². The third kappa shape index (κ3) is 2.21. The number of benzene rings is 1. The fraction of sp³-hybridized carbons (Fsp3) is 0.273. The third-order valence-electron chi connectivity index (χ3n) is 2.50. The summed E-state index contributed by atoms with van der Waals surface area (Å²) < 4.78 is 4.97. The number of hydrogen-bond donors (Lipinski definition) is 2. The molecule has 90 valence electrons. The molecule has 1 heterocycles. The summed E-state index contributed by atoms with van der Waals surface area (Å²) in [5, 5.41) is 18.5. The monoisotopic (exact) mass is 237 g/mol. The zero-order chi connectivity index (χ0) is 12.4. The number of nitrogens with zero attached hydrogens (tertiary/aromatic N) is 1. The van der Waals surface area contributed by atoms with Crippen LogP contribution in [-0.4, -0.2) is 41.8 Å². The number of carbonyl (C=O) groups is 2. The second kappa shape index (κ2) is 4.42. The van der Waals surface area contributed by atoms with Crippen LogP contribution >= 0.6 is 0 Å². The van der Waals surface area contributed by atoms with Crippen LogP contribution in [0, 0.1) is 0 Å². The van der Waals surface area contributed by atoms with Crippen LogP contribution in [0.5, 0.6) is 5.75 Å². The number of aromatic hydroxyl groups is 1. The van der Waals surface area contributed by atoms with Crippen molar-refractivity contribution in [2.24, 2.45) is 0 Å². The zero-order valence-electron chi connectivity index (χ0n) is 8.92. The number of hydrogen-bond acceptors (Lipinski definition) is 4. The molecular weight excluding hydrogens is 226 g/mol. The fourth-order valence-electron chi connectivity index (χ4n) is 1.66. The Balaban J connectivity index is 2.32. The number of anilines is 1. The number of morpholine rings is 1. The van der Waals surface area contributed by atoms with Gasteiger partial charge in [-0.1, -0.05) is 0 Å². The summed E-state index contributed by atoms with van der Waals surface area (Å²) in [6.45, 7) is 0.713. The smallest absolute Gasteiger partial charge is 0.335 e. The molecule has 6 heteroatoms. The van der Waals surface area contributed by atoms with Crippen molar-refractivity contribution in [3.05, 3.63) is 23.8 Å². The first-order valence-corrected chi connectivity index (χ1v) is 5.04. The van der Waals surface area contributed by atoms with Crippen molar-refractivity contribution in [1.82, 2.24) is 0 Å². The minimum absolute atomic E-state index is 0.0213. The first kappa shape index (κ1) is 11.4. The Hall–Kier alpha value is -2.08. The lowest BCUT2D eigenvalue weighted by Gasteiger charge is -2.27. The normalized spacial score (nSPS) is 16.0. The van der Waals surface area contributed by atoms with Gasteiger partial charge in [-0.15, -0.1) is 0 Å². The maximum atomic E-state index is 11.5. The molecule has 0 aromatic heterocycles. The predicted octanol–water partition coefficient (Wildman–Crippen LogP) is 0.454. The van der Waals surface area contributed by atoms with Crippen molar-refractivity contribution in [1.29, 1.82) is 0 Å². The molecule has 0 saturated carbocycles. The van der Waals surface area contributed by atoms with E-state index in [2.05, 4.69) is 0 Å². The molecule has 0 spiro atoms. The molecule has 0 atom stereocenters. The molecule has 1 aromatic rings. The Bertz CT molecular complexity index is 471. The summed E-state index contributed by atoms with van der Waals surface area (Å²) in [7, 11) is 0. The van der Waals surface area contributed by atoms with E-state index in [4.69, 9.17) is 9.84 Å². The Labute approximate surface area is 97.0 Å². The standard InChI is InChI=1S/C11H11NO5/c13-9-5-7(11(15)16)1-2-8(9)12-3-4-17-6-10(12)14/h1-2,5,13H,3-4,6H2,(H,15,16). The second-order valence-electron chi connectivity index (χ2n) is 3.61. The fourth-order valence-corrected chi connectivity index (χ4v) is 1.66. The molecule has 0 aliphatic carbocycles. The number of amides is 1. The van der Waals surface area contributed by atoms with Gasteiger partial charge in [-0.2, -0.15) is 0 Å². The Kier molecular flexibility index (Phi) is 2.97. The van der Waals surface area contributed by atoms with Gasteiger partial charge in [0.2, 0.25) is 0 Å². The average Bonchev–Trinajstić information content (AvgIpc) is 2.30. The molecule has 2 N–H and O–H groups in total. The Morgan fingerprint density at radius 2 is 2.18 bits per heavy atom. The van der Waals surface area contributed by atoms with Crippen molar-refractivity contribution < 1.29 is 24.5 Å². The van der Waals surface area contributed by atoms with Gasteiger partial charge in [0.1, 0.15) is 12.4 Å².